The van der Waals surface area contributed by atoms with E-state index in [1.54, 1.807) is 12.1 Å². The van der Waals surface area contributed by atoms with Crippen LogP contribution in [0.3, 0.4) is 0 Å². The Bertz CT molecular complexity index is 7310. The van der Waals surface area contributed by atoms with Gasteiger partial charge in [-0.1, -0.05) is 248 Å². The number of carbonyl (C=O) groups excluding carboxylic acids is 7. The van der Waals surface area contributed by atoms with E-state index >= 15 is 0 Å². The first-order valence-electron chi connectivity index (χ1n) is 52.7. The van der Waals surface area contributed by atoms with Gasteiger partial charge in [0.05, 0.1) is 32.5 Å². The van der Waals surface area contributed by atoms with E-state index in [1.165, 1.54) is 22.3 Å². The number of allylic oxidation sites excluding steroid dienone is 12. The second-order valence-corrected chi connectivity index (χ2v) is 49.2. The number of hydrogen-bond donors (Lipinski definition) is 13. The molecule has 4 unspecified atom stereocenters. The minimum absolute atomic E-state index is 0.00885. The summed E-state index contributed by atoms with van der Waals surface area (Å²) in [6.07, 6.45) is 11.4. The molecule has 12 aromatic rings. The molecule has 6 aliphatic heterocycles. The Morgan fingerprint density at radius 1 is 0.282 bits per heavy atom. The van der Waals surface area contributed by atoms with Gasteiger partial charge in [-0.15, -0.1) is 0 Å². The second-order valence-electron chi connectivity index (χ2n) is 49.2. The number of nitrogens with zero attached hydrogens (tertiary/aromatic N) is 6. The summed E-state index contributed by atoms with van der Waals surface area (Å²) in [4.78, 5) is 91.1. The molecule has 26 nitrogen and oxygen atoms in total. The number of aryl methyl sites for hydroxylation is 7. The summed E-state index contributed by atoms with van der Waals surface area (Å²) in [6, 6.07) is 57.2. The van der Waals surface area contributed by atoms with E-state index in [2.05, 4.69) is 296 Å². The molecule has 7 aliphatic carbocycles. The molecule has 149 heavy (non-hydrogen) atoms. The lowest BCUT2D eigenvalue weighted by atomic mass is 9.59. The molecule has 1 spiro atoms. The van der Waals surface area contributed by atoms with Crippen molar-refractivity contribution >= 4 is 75.5 Å². The van der Waals surface area contributed by atoms with Crippen molar-refractivity contribution in [2.75, 3.05) is 31.9 Å². The third kappa shape index (κ3) is 16.9. The molecule has 0 radical (unpaired) electrons. The van der Waals surface area contributed by atoms with Gasteiger partial charge in [0, 0.05) is 179 Å². The number of ketones is 6. The predicted molar refractivity (Wildman–Crippen MR) is 585 cm³/mol. The molecule has 14 N–H and O–H groups in total. The normalized spacial score (nSPS) is 24.9. The first-order chi connectivity index (χ1) is 70.4. The summed E-state index contributed by atoms with van der Waals surface area (Å²) in [7, 11) is 0. The van der Waals surface area contributed by atoms with Crippen LogP contribution in [0.1, 0.15) is 324 Å². The van der Waals surface area contributed by atoms with Gasteiger partial charge >= 0.3 is 0 Å². The van der Waals surface area contributed by atoms with Crippen LogP contribution < -0.4 is 37.6 Å². The zero-order valence-electron chi connectivity index (χ0n) is 90.4. The molecule has 0 saturated carbocycles. The fraction of sp³-hybridized carbons (Fsp3) is 0.407. The van der Waals surface area contributed by atoms with Crippen molar-refractivity contribution in [3.8, 4) is 0 Å². The fourth-order valence-electron chi connectivity index (χ4n) is 28.2. The summed E-state index contributed by atoms with van der Waals surface area (Å²) in [5.74, 6) is 5.99. The maximum Gasteiger partial charge on any atom is 0.248 e. The average molecular weight is 2000 g/mol. The van der Waals surface area contributed by atoms with E-state index in [9.17, 15) is 33.6 Å². The number of anilines is 6. The van der Waals surface area contributed by atoms with Crippen LogP contribution >= 0.6 is 0 Å². The summed E-state index contributed by atoms with van der Waals surface area (Å²) in [6.45, 7) is 48.7. The Hall–Kier alpha value is -14.7. The largest absolute Gasteiger partial charge is 0.366 e. The smallest absolute Gasteiger partial charge is 0.248 e. The van der Waals surface area contributed by atoms with Crippen LogP contribution in [0.4, 0.5) is 34.9 Å². The van der Waals surface area contributed by atoms with Gasteiger partial charge in [-0.3, -0.25) is 64.2 Å². The van der Waals surface area contributed by atoms with Crippen molar-refractivity contribution in [1.82, 2.24) is 61.2 Å². The first-order valence-corrected chi connectivity index (χ1v) is 52.7. The highest BCUT2D eigenvalue weighted by Gasteiger charge is 2.59. The van der Waals surface area contributed by atoms with Crippen LogP contribution in [0.5, 0.6) is 0 Å². The maximum absolute atomic E-state index is 13.3. The van der Waals surface area contributed by atoms with Crippen molar-refractivity contribution in [2.45, 2.75) is 288 Å². The summed E-state index contributed by atoms with van der Waals surface area (Å²) in [5.41, 5.74) is 35.0. The van der Waals surface area contributed by atoms with Gasteiger partial charge in [-0.25, -0.2) is 0 Å². The highest BCUT2D eigenvalue weighted by atomic mass is 16.2. The lowest BCUT2D eigenvalue weighted by molar-refractivity contribution is -0.119. The monoisotopic (exact) mass is 2000 g/mol. The fourth-order valence-corrected chi connectivity index (χ4v) is 28.2. The molecule has 25 rings (SSSR count). The molecule has 0 saturated heterocycles. The molecule has 6 aromatic carbocycles. The second kappa shape index (κ2) is 36.4. The van der Waals surface area contributed by atoms with E-state index in [0.29, 0.717) is 49.9 Å². The predicted octanol–water partition coefficient (Wildman–Crippen LogP) is 24.0. The van der Waals surface area contributed by atoms with Gasteiger partial charge in [0.25, 0.3) is 0 Å². The summed E-state index contributed by atoms with van der Waals surface area (Å²) < 4.78 is 0. The standard InChI is InChI=1S/C21H24N4O2.C21H23N3O.C21H25N3O.3C20H23N3O/c1-11-16-19(25-24-11)23-14-9-20(2,3)10-15(26)17(14)21(16,4)13-7-5-6-12(8-13)18(22)27;1-12-17-19(24-23-12)22-15-10-20(2,3)11-16(25)18(15)21(17)9-8-13-6-4-5-7-14(13)21;1-5-21(14-9-7-6-8-10-14)17-13(2)23-24-19(17)22-15-11-20(3,4)12-16(25)18(15)21;3*1-12-16-18(23-22-12)21-14-10-19(2,3)11-15(24)17(14)20(16,4)13-8-6-5-7-9-13/h5-8H,9-10H2,1-4H3,(H2,22,27)(H2,23,24,25);4-7H,8-11H2,1-3H3,(H2,22,23,24);6-10H,5,11-12H2,1-4H3,(H2,22,23,24);3*5-9H,10-11H2,1-4H3,(H2,21,22,23)/t;;;2*20-;/m...10./s1. The Kier molecular flexibility index (Phi) is 24.8. The van der Waals surface area contributed by atoms with Crippen molar-refractivity contribution in [2.24, 2.45) is 38.2 Å². The van der Waals surface area contributed by atoms with Gasteiger partial charge in [0.15, 0.2) is 69.6 Å². The van der Waals surface area contributed by atoms with E-state index in [0.717, 1.165) is 245 Å². The summed E-state index contributed by atoms with van der Waals surface area (Å²) >= 11 is 0. The number of nitrogens with one attached hydrogen (secondary N) is 12. The highest BCUT2D eigenvalue weighted by Crippen LogP contribution is 2.63. The quantitative estimate of drug-likeness (QED) is 0.0705. The van der Waals surface area contributed by atoms with Gasteiger partial charge in [-0.05, 0) is 211 Å². The number of nitrogens with two attached hydrogens (primary N) is 1. The van der Waals surface area contributed by atoms with Crippen LogP contribution in [0.2, 0.25) is 0 Å². The lowest BCUT2D eigenvalue weighted by Gasteiger charge is -2.45. The number of hydrogen-bond acceptors (Lipinski definition) is 19. The Balaban J connectivity index is 0.000000108. The molecular formula is C123H141N19O7. The number of rotatable bonds is 7. The number of carbonyl (C=O) groups is 7. The minimum Gasteiger partial charge on any atom is -0.366 e. The molecule has 13 aliphatic rings. The van der Waals surface area contributed by atoms with Crippen molar-refractivity contribution in [3.63, 3.8) is 0 Å². The zero-order valence-corrected chi connectivity index (χ0v) is 90.4. The van der Waals surface area contributed by atoms with Crippen LogP contribution in [0.15, 0.2) is 237 Å². The Morgan fingerprint density at radius 2 is 0.530 bits per heavy atom. The zero-order chi connectivity index (χ0) is 106. The Labute approximate surface area is 872 Å². The van der Waals surface area contributed by atoms with Crippen LogP contribution in [-0.2, 0) is 67.7 Å². The van der Waals surface area contributed by atoms with E-state index in [4.69, 9.17) is 5.73 Å². The number of fused-ring (bicyclic) bond motifs is 10. The van der Waals surface area contributed by atoms with Gasteiger partial charge < -0.3 is 37.6 Å². The number of Topliss-reactive ketones (excluding diaryl/α,β-unsaturated/α-hetero) is 6. The van der Waals surface area contributed by atoms with E-state index < -0.39 is 33.0 Å². The Morgan fingerprint density at radius 3 is 0.852 bits per heavy atom. The van der Waals surface area contributed by atoms with Crippen molar-refractivity contribution in [3.05, 3.63) is 350 Å². The third-order valence-electron chi connectivity index (χ3n) is 34.1. The van der Waals surface area contributed by atoms with Crippen molar-refractivity contribution < 1.29 is 33.6 Å². The number of primary amides is 1. The molecule has 770 valence electrons. The lowest BCUT2D eigenvalue weighted by Crippen LogP contribution is -2.43. The number of aromatic nitrogens is 12. The summed E-state index contributed by atoms with van der Waals surface area (Å²) in [5, 5.41) is 66.2. The van der Waals surface area contributed by atoms with Gasteiger partial charge in [-0.2, -0.15) is 30.6 Å². The molecule has 6 atom stereocenters. The number of H-pyrrole nitrogens is 6. The number of aromatic amines is 6. The van der Waals surface area contributed by atoms with Crippen molar-refractivity contribution in [1.29, 1.82) is 0 Å². The molecule has 26 heteroatoms. The highest BCUT2D eigenvalue weighted by molar-refractivity contribution is 6.08. The molecular weight excluding hydrogens is 1860 g/mol. The van der Waals surface area contributed by atoms with Crippen LogP contribution in [0, 0.1) is 74.0 Å². The molecule has 1 amide bonds. The molecule has 6 aromatic heterocycles. The maximum atomic E-state index is 13.3. The number of benzene rings is 6. The first kappa shape index (κ1) is 102. The molecule has 0 bridgehead atoms. The third-order valence-corrected chi connectivity index (χ3v) is 34.1. The van der Waals surface area contributed by atoms with Crippen LogP contribution in [-0.4, -0.2) is 102 Å². The molecule has 12 heterocycles. The van der Waals surface area contributed by atoms with Gasteiger partial charge in [0.2, 0.25) is 5.91 Å². The topological polar surface area (TPSA) is 390 Å². The van der Waals surface area contributed by atoms with Gasteiger partial charge in [0.1, 0.15) is 0 Å². The average Bonchev–Trinajstić information content (AvgIpc) is 1.49. The molecule has 0 fully saturated rings. The van der Waals surface area contributed by atoms with E-state index in [1.807, 2.05) is 114 Å². The van der Waals surface area contributed by atoms with E-state index in [-0.39, 0.29) is 66.8 Å². The SMILES string of the molecule is CCC1(c2ccccc2)C2=C(CC(C)(C)CC2=O)Nc2n[nH]c(C)c21.Cc1[nH]nc2c1C(C)(c1cccc(C(N)=O)c1)C1=C(CC(C)(C)CC1=O)N2.Cc1[nH]nc2c1C(C)(c1ccccc1)C1=C(CC(C)(C)CC1=O)N2.Cc1[nH]nc2c1C1(CCc3ccccc31)C1=C(CC(C)(C)CC1=O)N2.Cc1[nH]nc2c1[C@@](C)(c1ccccc1)C1=C(CC(C)(C)CC1=O)N2.Cc1[nH]nc2c1[C@](C)(c1ccccc1)C1=C(CC(C)(C)CC1=O)N2. The number of amides is 1. The van der Waals surface area contributed by atoms with Crippen LogP contribution in [0.25, 0.3) is 0 Å². The minimum atomic E-state index is -0.702.